The summed E-state index contributed by atoms with van der Waals surface area (Å²) < 4.78 is 5.21. The van der Waals surface area contributed by atoms with E-state index in [4.69, 9.17) is 4.52 Å². The molecular formula is C12H14N2O3. The van der Waals surface area contributed by atoms with Gasteiger partial charge in [0.2, 0.25) is 5.89 Å². The predicted molar refractivity (Wildman–Crippen MR) is 58.3 cm³/mol. The van der Waals surface area contributed by atoms with E-state index in [0.29, 0.717) is 18.1 Å². The number of nitrogens with zero attached hydrogens (tertiary/aromatic N) is 2. The Labute approximate surface area is 98.5 Å². The molecule has 0 aliphatic heterocycles. The van der Waals surface area contributed by atoms with Gasteiger partial charge in [0.25, 0.3) is 0 Å². The molecular weight excluding hydrogens is 220 g/mol. The molecule has 0 spiro atoms. The van der Waals surface area contributed by atoms with Crippen LogP contribution in [0.15, 0.2) is 16.7 Å². The zero-order chi connectivity index (χ0) is 12.0. The van der Waals surface area contributed by atoms with E-state index in [9.17, 15) is 9.90 Å². The van der Waals surface area contributed by atoms with Crippen molar-refractivity contribution in [2.45, 2.75) is 25.7 Å². The van der Waals surface area contributed by atoms with Crippen LogP contribution in [0.4, 0.5) is 0 Å². The van der Waals surface area contributed by atoms with E-state index in [1.165, 1.54) is 0 Å². The van der Waals surface area contributed by atoms with Gasteiger partial charge in [0, 0.05) is 6.42 Å². The van der Waals surface area contributed by atoms with Crippen LogP contribution in [-0.4, -0.2) is 21.2 Å². The first-order chi connectivity index (χ1) is 8.20. The van der Waals surface area contributed by atoms with E-state index in [1.807, 2.05) is 13.0 Å². The summed E-state index contributed by atoms with van der Waals surface area (Å²) in [6.07, 6.45) is 5.70. The van der Waals surface area contributed by atoms with Gasteiger partial charge < -0.3 is 9.63 Å². The second-order valence-corrected chi connectivity index (χ2v) is 4.74. The summed E-state index contributed by atoms with van der Waals surface area (Å²) in [6.45, 7) is 1.95. The Morgan fingerprint density at radius 3 is 2.94 bits per heavy atom. The largest absolute Gasteiger partial charge is 0.481 e. The maximum Gasteiger partial charge on any atom is 0.307 e. The fraction of sp³-hybridized carbons (Fsp3) is 0.583. The number of aryl methyl sites for hydroxylation is 1. The van der Waals surface area contributed by atoms with Crippen LogP contribution in [0.3, 0.4) is 0 Å². The predicted octanol–water partition coefficient (Wildman–Crippen LogP) is 1.62. The summed E-state index contributed by atoms with van der Waals surface area (Å²) in [6, 6.07) is 0. The van der Waals surface area contributed by atoms with Crippen LogP contribution in [-0.2, 0) is 11.2 Å². The van der Waals surface area contributed by atoms with Gasteiger partial charge in [-0.25, -0.2) is 0 Å². The number of rotatable bonds is 3. The highest BCUT2D eigenvalue weighted by Crippen LogP contribution is 2.52. The van der Waals surface area contributed by atoms with Gasteiger partial charge in [-0.05, 0) is 18.3 Å². The first-order valence-corrected chi connectivity index (χ1v) is 5.94. The third-order valence-corrected chi connectivity index (χ3v) is 3.83. The van der Waals surface area contributed by atoms with Crippen LogP contribution in [0.5, 0.6) is 0 Å². The lowest BCUT2D eigenvalue weighted by Crippen LogP contribution is -2.26. The summed E-state index contributed by atoms with van der Waals surface area (Å²) in [5, 5.41) is 13.2. The number of carbonyl (C=O) groups is 1. The molecule has 2 aliphatic carbocycles. The van der Waals surface area contributed by atoms with Gasteiger partial charge in [0.05, 0.1) is 11.8 Å². The molecule has 0 radical (unpaired) electrons. The average Bonchev–Trinajstić information content (AvgIpc) is 3.02. The number of hydrogen-bond donors (Lipinski definition) is 1. The second-order valence-electron chi connectivity index (χ2n) is 4.74. The van der Waals surface area contributed by atoms with Gasteiger partial charge in [-0.15, -0.1) is 0 Å². The molecule has 0 aromatic carbocycles. The van der Waals surface area contributed by atoms with E-state index < -0.39 is 11.9 Å². The summed E-state index contributed by atoms with van der Waals surface area (Å²) in [5.41, 5.74) is 0. The fourth-order valence-corrected chi connectivity index (χ4v) is 3.04. The molecule has 3 rings (SSSR count). The zero-order valence-electron chi connectivity index (χ0n) is 9.54. The molecule has 1 heterocycles. The van der Waals surface area contributed by atoms with Gasteiger partial charge in [-0.3, -0.25) is 4.79 Å². The number of carboxylic acids is 1. The quantitative estimate of drug-likeness (QED) is 0.804. The van der Waals surface area contributed by atoms with Crippen molar-refractivity contribution in [3.8, 4) is 0 Å². The van der Waals surface area contributed by atoms with E-state index in [0.717, 1.165) is 6.42 Å². The van der Waals surface area contributed by atoms with Crippen LogP contribution in [0.1, 0.15) is 31.0 Å². The monoisotopic (exact) mass is 234 g/mol. The van der Waals surface area contributed by atoms with Gasteiger partial charge in [-0.2, -0.15) is 4.98 Å². The topological polar surface area (TPSA) is 76.2 Å². The van der Waals surface area contributed by atoms with Crippen molar-refractivity contribution in [3.05, 3.63) is 23.9 Å². The molecule has 2 bridgehead atoms. The molecule has 2 aliphatic rings. The Hall–Kier alpha value is -1.65. The molecule has 1 saturated carbocycles. The molecule has 1 fully saturated rings. The summed E-state index contributed by atoms with van der Waals surface area (Å²) >= 11 is 0. The lowest BCUT2D eigenvalue weighted by Gasteiger charge is -2.20. The van der Waals surface area contributed by atoms with Crippen molar-refractivity contribution in [1.29, 1.82) is 0 Å². The number of fused-ring (bicyclic) bond motifs is 2. The van der Waals surface area contributed by atoms with Crippen LogP contribution in [0.25, 0.3) is 0 Å². The maximum atomic E-state index is 11.3. The minimum absolute atomic E-state index is 0.125. The van der Waals surface area contributed by atoms with E-state index in [-0.39, 0.29) is 17.8 Å². The molecule has 1 N–H and O–H groups in total. The highest BCUT2D eigenvalue weighted by atomic mass is 16.5. The molecule has 5 nitrogen and oxygen atoms in total. The molecule has 5 heteroatoms. The van der Waals surface area contributed by atoms with Crippen LogP contribution in [0, 0.1) is 17.8 Å². The Bertz CT molecular complexity index is 480. The molecule has 4 atom stereocenters. The summed E-state index contributed by atoms with van der Waals surface area (Å²) in [5.74, 6) is 0.196. The second kappa shape index (κ2) is 3.68. The minimum Gasteiger partial charge on any atom is -0.481 e. The smallest absolute Gasteiger partial charge is 0.307 e. The third kappa shape index (κ3) is 1.49. The van der Waals surface area contributed by atoms with Crippen LogP contribution < -0.4 is 0 Å². The van der Waals surface area contributed by atoms with Crippen molar-refractivity contribution in [2.24, 2.45) is 17.8 Å². The highest BCUT2D eigenvalue weighted by Gasteiger charge is 2.51. The molecule has 0 amide bonds. The Morgan fingerprint density at radius 1 is 1.53 bits per heavy atom. The van der Waals surface area contributed by atoms with Crippen LogP contribution in [0.2, 0.25) is 0 Å². The minimum atomic E-state index is -0.761. The molecule has 0 saturated heterocycles. The van der Waals surface area contributed by atoms with Crippen molar-refractivity contribution in [2.75, 3.05) is 0 Å². The fourth-order valence-electron chi connectivity index (χ4n) is 3.04. The first kappa shape index (κ1) is 10.5. The normalized spacial score (nSPS) is 34.4. The summed E-state index contributed by atoms with van der Waals surface area (Å²) in [4.78, 5) is 15.6. The average molecular weight is 234 g/mol. The SMILES string of the molecule is CCc1noc(C2C3C=CC(C3)C2C(=O)O)n1. The Morgan fingerprint density at radius 2 is 2.29 bits per heavy atom. The number of carboxylic acid groups (broad SMARTS) is 1. The first-order valence-electron chi connectivity index (χ1n) is 5.94. The standard InChI is InChI=1S/C12H14N2O3/c1-2-8-13-11(17-14-8)9-6-3-4-7(5-6)10(9)12(15)16/h3-4,6-7,9-10H,2,5H2,1H3,(H,15,16). The van der Waals surface area contributed by atoms with Crippen molar-refractivity contribution >= 4 is 5.97 Å². The molecule has 90 valence electrons. The number of allylic oxidation sites excluding steroid dienone is 2. The molecule has 1 aromatic heterocycles. The Balaban J connectivity index is 1.95. The molecule has 1 aromatic rings. The van der Waals surface area contributed by atoms with Crippen molar-refractivity contribution in [3.63, 3.8) is 0 Å². The van der Waals surface area contributed by atoms with Gasteiger partial charge in [0.15, 0.2) is 5.82 Å². The van der Waals surface area contributed by atoms with E-state index in [2.05, 4.69) is 16.2 Å². The van der Waals surface area contributed by atoms with E-state index in [1.54, 1.807) is 0 Å². The van der Waals surface area contributed by atoms with Crippen molar-refractivity contribution in [1.82, 2.24) is 10.1 Å². The Kier molecular flexibility index (Phi) is 2.28. The van der Waals surface area contributed by atoms with Crippen molar-refractivity contribution < 1.29 is 14.4 Å². The van der Waals surface area contributed by atoms with E-state index >= 15 is 0 Å². The molecule has 17 heavy (non-hydrogen) atoms. The number of aromatic nitrogens is 2. The lowest BCUT2D eigenvalue weighted by molar-refractivity contribution is -0.143. The third-order valence-electron chi connectivity index (χ3n) is 3.83. The lowest BCUT2D eigenvalue weighted by atomic mass is 9.83. The highest BCUT2D eigenvalue weighted by molar-refractivity contribution is 5.73. The van der Waals surface area contributed by atoms with Gasteiger partial charge >= 0.3 is 5.97 Å². The summed E-state index contributed by atoms with van der Waals surface area (Å²) in [7, 11) is 0. The maximum absolute atomic E-state index is 11.3. The van der Waals surface area contributed by atoms with Gasteiger partial charge in [0.1, 0.15) is 0 Å². The number of aliphatic carboxylic acids is 1. The van der Waals surface area contributed by atoms with Crippen LogP contribution >= 0.6 is 0 Å². The van der Waals surface area contributed by atoms with Gasteiger partial charge in [-0.1, -0.05) is 24.2 Å². The zero-order valence-corrected chi connectivity index (χ0v) is 9.54. The molecule has 4 unspecified atom stereocenters. The number of hydrogen-bond acceptors (Lipinski definition) is 4.